The predicted octanol–water partition coefficient (Wildman–Crippen LogP) is 20.8. The zero-order valence-electron chi connectivity index (χ0n) is 54.9. The average molecular weight is 2610 g/mol. The second-order valence-electron chi connectivity index (χ2n) is 22.7. The van der Waals surface area contributed by atoms with Crippen LogP contribution in [0.3, 0.4) is 0 Å². The summed E-state index contributed by atoms with van der Waals surface area (Å²) in [5.74, 6) is 2.93. The number of hydrogen-bond donors (Lipinski definition) is 0. The number of ether oxygens (including phenoxy) is 4. The van der Waals surface area contributed by atoms with Crippen LogP contribution in [0.25, 0.3) is 0 Å². The van der Waals surface area contributed by atoms with Gasteiger partial charge in [0.15, 0.2) is 0 Å². The van der Waals surface area contributed by atoms with Crippen LogP contribution in [0.15, 0.2) is 214 Å². The molecule has 16 nitrogen and oxygen atoms in total. The Kier molecular flexibility index (Phi) is 35.0. The molecule has 0 aliphatic carbocycles. The molecule has 8 aliphatic rings. The molecule has 16 rings (SSSR count). The Balaban J connectivity index is 0.000000147. The van der Waals surface area contributed by atoms with Crippen molar-refractivity contribution < 1.29 is 62.0 Å². The number of anilines is 12. The number of para-hydroxylation sites is 8. The predicted molar refractivity (Wildman–Crippen MR) is 467 cm³/mol. The Hall–Kier alpha value is -1.47. The summed E-state index contributed by atoms with van der Waals surface area (Å²) in [6.45, 7) is 24.3. The number of benzene rings is 8. The van der Waals surface area contributed by atoms with Gasteiger partial charge in [-0.25, -0.2) is 20.0 Å². The minimum atomic E-state index is 0.232. The molecule has 536 valence electrons. The van der Waals surface area contributed by atoms with Crippen molar-refractivity contribution in [3.05, 3.63) is 243 Å². The van der Waals surface area contributed by atoms with Crippen molar-refractivity contribution in [2.45, 2.75) is 51.9 Å². The van der Waals surface area contributed by atoms with E-state index >= 15 is 0 Å². The van der Waals surface area contributed by atoms with Gasteiger partial charge < -0.3 is 58.1 Å². The normalized spacial score (nSPS) is 18.4. The van der Waals surface area contributed by atoms with Gasteiger partial charge in [-0.2, -0.15) is 0 Å². The van der Waals surface area contributed by atoms with E-state index in [1.165, 1.54) is 0 Å². The van der Waals surface area contributed by atoms with Crippen LogP contribution in [0.5, 0.6) is 0 Å². The first-order chi connectivity index (χ1) is 48.5. The molecule has 8 radical (unpaired) electrons. The fourth-order valence-corrected chi connectivity index (χ4v) is 11.2. The van der Waals surface area contributed by atoms with Gasteiger partial charge in [-0.1, -0.05) is 72.8 Å². The van der Waals surface area contributed by atoms with Gasteiger partial charge in [-0.05, 0) is 149 Å². The van der Waals surface area contributed by atoms with Gasteiger partial charge >= 0.3 is 199 Å². The van der Waals surface area contributed by atoms with Crippen LogP contribution in [0, 0.1) is 26.7 Å². The third-order valence-corrected chi connectivity index (χ3v) is 15.5. The zero-order valence-corrected chi connectivity index (χ0v) is 78.4. The van der Waals surface area contributed by atoms with Crippen molar-refractivity contribution in [2.24, 2.45) is 20.0 Å². The van der Waals surface area contributed by atoms with Gasteiger partial charge in [0.2, 0.25) is 50.3 Å². The second-order valence-corrected chi connectivity index (χ2v) is 70.6. The van der Waals surface area contributed by atoms with Crippen molar-refractivity contribution in [2.75, 3.05) is 93.8 Å². The van der Waals surface area contributed by atoms with E-state index in [4.69, 9.17) is 18.9 Å². The number of aliphatic imine (C=N–C) groups is 4. The number of rotatable bonds is 8. The second kappa shape index (κ2) is 42.3. The van der Waals surface area contributed by atoms with E-state index in [1.54, 1.807) is 0 Å². The summed E-state index contributed by atoms with van der Waals surface area (Å²) in [5.41, 5.74) is 17.4. The molecular weight excluding hydrogens is 2540 g/mol. The molecule has 0 aromatic heterocycles. The molecule has 0 spiro atoms. The van der Waals surface area contributed by atoms with Crippen LogP contribution in [-0.2, 0) is 62.0 Å². The van der Waals surface area contributed by atoms with E-state index in [1.807, 2.05) is 145 Å². The molecule has 0 bridgehead atoms. The van der Waals surface area contributed by atoms with Crippen LogP contribution in [0.2, 0.25) is 0 Å². The minimum absolute atomic E-state index is 0.232. The van der Waals surface area contributed by atoms with Crippen molar-refractivity contribution in [1.82, 2.24) is 0 Å². The third kappa shape index (κ3) is 22.4. The number of fused-ring (bicyclic) bond motifs is 4. The topological polar surface area (TPSA) is 112 Å². The van der Waals surface area contributed by atoms with Crippen molar-refractivity contribution in [3.63, 3.8) is 0 Å². The molecule has 0 unspecified atom stereocenters. The Morgan fingerprint density at radius 1 is 0.290 bits per heavy atom. The molecule has 0 N–H and O–H groups in total. The summed E-state index contributed by atoms with van der Waals surface area (Å²) >= 11 is 18.6. The van der Waals surface area contributed by atoms with Crippen LogP contribution in [-0.4, -0.2) is 102 Å². The van der Waals surface area contributed by atoms with Gasteiger partial charge in [-0.15, -0.1) is 0 Å². The van der Waals surface area contributed by atoms with Crippen LogP contribution in [0.4, 0.5) is 68.2 Å². The summed E-state index contributed by atoms with van der Waals surface area (Å²) in [7, 11) is 11.6. The molecule has 100 heavy (non-hydrogen) atoms. The Morgan fingerprint density at radius 3 is 0.640 bits per heavy atom. The Morgan fingerprint density at radius 2 is 0.470 bits per heavy atom. The maximum absolute atomic E-state index is 5.66. The van der Waals surface area contributed by atoms with Crippen LogP contribution < -0.4 is 39.2 Å². The van der Waals surface area contributed by atoms with E-state index in [0.29, 0.717) is 26.4 Å². The summed E-state index contributed by atoms with van der Waals surface area (Å²) in [4.78, 5) is 34.4. The van der Waals surface area contributed by atoms with Crippen molar-refractivity contribution >= 4 is 248 Å². The number of hydrogen-bond acceptors (Lipinski definition) is 16. The average Bonchev–Trinajstić information content (AvgIpc) is 1.65. The number of halogens is 8. The molecule has 28 heteroatoms. The quantitative estimate of drug-likeness (QED) is 0.107. The third-order valence-electron chi connectivity index (χ3n) is 15.5. The van der Waals surface area contributed by atoms with Crippen molar-refractivity contribution in [1.29, 1.82) is 0 Å². The SMILES string of the molecule is C[C@@H]1COC(c2cccc(N3[C]N(C)c4ccccc43)c2)=N1.C[C@@H]1COC(c2cccc(N3[C]N(C)c4ccccc43)c2)=N1.C[C@@H]1COC(c2cccc(N3[C]N(C)c4ccccc43)c2)=N1.C[C@@H]1COC(c2cccc(N3[C]N(C)c4ccccc43)c2)=N1.[I][Pd][I].[I][Pd][I].[I][Pd][I].[I][Pd][I]. The summed E-state index contributed by atoms with van der Waals surface area (Å²) in [6, 6.07) is 67.0. The van der Waals surface area contributed by atoms with Gasteiger partial charge in [-0.3, -0.25) is 0 Å². The summed E-state index contributed by atoms with van der Waals surface area (Å²) < 4.78 is 22.6. The molecule has 0 amide bonds. The fourth-order valence-electron chi connectivity index (χ4n) is 11.2. The first-order valence-corrected chi connectivity index (χ1v) is 67.6. The van der Waals surface area contributed by atoms with Gasteiger partial charge in [0.1, 0.15) is 26.4 Å². The molecular formula is C72H68I8N12O4Pd4. The Bertz CT molecular complexity index is 3600. The van der Waals surface area contributed by atoms with Crippen LogP contribution >= 0.6 is 156 Å². The van der Waals surface area contributed by atoms with Crippen LogP contribution in [0.1, 0.15) is 49.9 Å². The van der Waals surface area contributed by atoms with E-state index in [0.717, 1.165) is 157 Å². The van der Waals surface area contributed by atoms with E-state index < -0.39 is 0 Å². The Labute approximate surface area is 707 Å². The van der Waals surface area contributed by atoms with E-state index in [-0.39, 0.29) is 24.2 Å². The molecule has 0 saturated carbocycles. The van der Waals surface area contributed by atoms with Gasteiger partial charge in [0.05, 0.1) is 69.7 Å². The molecule has 4 atom stereocenters. The summed E-state index contributed by atoms with van der Waals surface area (Å²) in [6.07, 6.45) is 0. The molecule has 0 saturated heterocycles. The molecule has 8 heterocycles. The first kappa shape index (κ1) is 82.6. The van der Waals surface area contributed by atoms with Gasteiger partial charge in [0.25, 0.3) is 0 Å². The number of nitrogens with zero attached hydrogens (tertiary/aromatic N) is 12. The fraction of sp³-hybridized carbons (Fsp3) is 0.222. The summed E-state index contributed by atoms with van der Waals surface area (Å²) in [5, 5.41) is 0. The molecule has 8 aromatic rings. The molecule has 0 fully saturated rings. The standard InChI is InChI=1S/4C18H17N3O.8HI.4Pd/c4*1-13-11-22-18(19-13)14-6-5-7-15(10-14)21-12-20(2)16-8-3-4-9-17(16)21;;;;;;;;;;;;/h4*3-10,13H,11H2,1-2H3;8*1H;;;;/q;;;;;;;;;;;;4*+2/p-8/t4*13-;;;;;;;;;;;;/m1111............/s1. The van der Waals surface area contributed by atoms with Gasteiger partial charge in [0, 0.05) is 73.2 Å². The van der Waals surface area contributed by atoms with E-state index in [9.17, 15) is 0 Å². The maximum atomic E-state index is 5.66. The monoisotopic (exact) mass is 2600 g/mol. The van der Waals surface area contributed by atoms with Crippen molar-refractivity contribution in [3.8, 4) is 0 Å². The zero-order chi connectivity index (χ0) is 71.2. The van der Waals surface area contributed by atoms with E-state index in [2.05, 4.69) is 347 Å². The molecule has 8 aromatic carbocycles. The molecule has 8 aliphatic heterocycles. The first-order valence-electron chi connectivity index (χ1n) is 30.7.